The molecular formula is C13H14F3NO3. The van der Waals surface area contributed by atoms with Crippen molar-refractivity contribution in [3.8, 4) is 5.75 Å². The Labute approximate surface area is 113 Å². The SMILES string of the molecule is O=C(O)c1ccc(OCCNC2(C(F)(F)F)CC2)cc1. The Morgan fingerprint density at radius 2 is 1.90 bits per heavy atom. The van der Waals surface area contributed by atoms with E-state index in [4.69, 9.17) is 9.84 Å². The minimum Gasteiger partial charge on any atom is -0.492 e. The first-order valence-corrected chi connectivity index (χ1v) is 6.12. The Bertz CT molecular complexity index is 481. The second kappa shape index (κ2) is 5.32. The van der Waals surface area contributed by atoms with Gasteiger partial charge in [-0.05, 0) is 37.1 Å². The van der Waals surface area contributed by atoms with E-state index in [1.807, 2.05) is 0 Å². The zero-order valence-corrected chi connectivity index (χ0v) is 10.5. The van der Waals surface area contributed by atoms with Crippen LogP contribution in [0, 0.1) is 0 Å². The van der Waals surface area contributed by atoms with Crippen molar-refractivity contribution < 1.29 is 27.8 Å². The second-order valence-electron chi connectivity index (χ2n) is 4.68. The van der Waals surface area contributed by atoms with Crippen LogP contribution in [-0.2, 0) is 0 Å². The van der Waals surface area contributed by atoms with E-state index in [-0.39, 0.29) is 31.6 Å². The molecule has 0 spiro atoms. The molecule has 1 fully saturated rings. The summed E-state index contributed by atoms with van der Waals surface area (Å²) in [4.78, 5) is 10.6. The van der Waals surface area contributed by atoms with Gasteiger partial charge in [-0.1, -0.05) is 0 Å². The van der Waals surface area contributed by atoms with Gasteiger partial charge in [-0.2, -0.15) is 13.2 Å². The Morgan fingerprint density at radius 3 is 2.35 bits per heavy atom. The van der Waals surface area contributed by atoms with E-state index in [0.717, 1.165) is 0 Å². The quantitative estimate of drug-likeness (QED) is 0.790. The van der Waals surface area contributed by atoms with Crippen LogP contribution in [0.5, 0.6) is 5.75 Å². The highest BCUT2D eigenvalue weighted by molar-refractivity contribution is 5.87. The van der Waals surface area contributed by atoms with Gasteiger partial charge in [0.15, 0.2) is 0 Å². The van der Waals surface area contributed by atoms with Crippen LogP contribution in [0.3, 0.4) is 0 Å². The molecular weight excluding hydrogens is 275 g/mol. The topological polar surface area (TPSA) is 58.6 Å². The van der Waals surface area contributed by atoms with Gasteiger partial charge in [-0.3, -0.25) is 0 Å². The summed E-state index contributed by atoms with van der Waals surface area (Å²) in [6, 6.07) is 5.70. The monoisotopic (exact) mass is 289 g/mol. The lowest BCUT2D eigenvalue weighted by Gasteiger charge is -2.20. The van der Waals surface area contributed by atoms with Gasteiger partial charge in [-0.15, -0.1) is 0 Å². The third kappa shape index (κ3) is 3.22. The molecule has 0 atom stereocenters. The summed E-state index contributed by atoms with van der Waals surface area (Å²) in [5.41, 5.74) is -1.60. The van der Waals surface area contributed by atoms with Crippen LogP contribution < -0.4 is 10.1 Å². The maximum Gasteiger partial charge on any atom is 0.406 e. The summed E-state index contributed by atoms with van der Waals surface area (Å²) in [5.74, 6) is -0.618. The predicted octanol–water partition coefficient (Wildman–Crippen LogP) is 2.45. The molecule has 4 nitrogen and oxygen atoms in total. The van der Waals surface area contributed by atoms with E-state index in [9.17, 15) is 18.0 Å². The number of carboxylic acid groups (broad SMARTS) is 1. The standard InChI is InChI=1S/C13H14F3NO3/c14-13(15,16)12(5-6-12)17-7-8-20-10-3-1-9(2-4-10)11(18)19/h1-4,17H,5-8H2,(H,18,19). The summed E-state index contributed by atoms with van der Waals surface area (Å²) in [6.45, 7) is 0.171. The average molecular weight is 289 g/mol. The molecule has 0 aliphatic heterocycles. The normalized spacial score (nSPS) is 16.8. The van der Waals surface area contributed by atoms with E-state index in [2.05, 4.69) is 5.32 Å². The van der Waals surface area contributed by atoms with Crippen molar-refractivity contribution in [2.24, 2.45) is 0 Å². The molecule has 0 aromatic heterocycles. The molecule has 1 aromatic carbocycles. The number of ether oxygens (including phenoxy) is 1. The molecule has 2 N–H and O–H groups in total. The Morgan fingerprint density at radius 1 is 1.30 bits per heavy atom. The van der Waals surface area contributed by atoms with Crippen molar-refractivity contribution in [3.05, 3.63) is 29.8 Å². The number of rotatable bonds is 6. The van der Waals surface area contributed by atoms with Crippen molar-refractivity contribution >= 4 is 5.97 Å². The Hall–Kier alpha value is -1.76. The first kappa shape index (κ1) is 14.6. The maximum atomic E-state index is 12.6. The molecule has 0 heterocycles. The van der Waals surface area contributed by atoms with Crippen molar-refractivity contribution in [2.75, 3.05) is 13.2 Å². The smallest absolute Gasteiger partial charge is 0.406 e. The fourth-order valence-corrected chi connectivity index (χ4v) is 1.84. The molecule has 0 amide bonds. The van der Waals surface area contributed by atoms with Crippen molar-refractivity contribution in [2.45, 2.75) is 24.6 Å². The first-order chi connectivity index (χ1) is 9.34. The van der Waals surface area contributed by atoms with Gasteiger partial charge in [0.05, 0.1) is 5.56 Å². The van der Waals surface area contributed by atoms with Crippen LogP contribution in [0.2, 0.25) is 0 Å². The summed E-state index contributed by atoms with van der Waals surface area (Å²) in [6.07, 6.45) is -4.02. The first-order valence-electron chi connectivity index (χ1n) is 6.12. The maximum absolute atomic E-state index is 12.6. The van der Waals surface area contributed by atoms with Crippen LogP contribution in [0.25, 0.3) is 0 Å². The fourth-order valence-electron chi connectivity index (χ4n) is 1.84. The predicted molar refractivity (Wildman–Crippen MR) is 64.9 cm³/mol. The number of halogens is 3. The lowest BCUT2D eigenvalue weighted by molar-refractivity contribution is -0.165. The van der Waals surface area contributed by atoms with Gasteiger partial charge in [0.2, 0.25) is 0 Å². The number of hydrogen-bond acceptors (Lipinski definition) is 3. The molecule has 1 aliphatic rings. The van der Waals surface area contributed by atoms with Crippen LogP contribution in [-0.4, -0.2) is 35.9 Å². The molecule has 0 saturated heterocycles. The van der Waals surface area contributed by atoms with Crippen LogP contribution in [0.15, 0.2) is 24.3 Å². The average Bonchev–Trinajstić information content (AvgIpc) is 3.16. The number of alkyl halides is 3. The number of carboxylic acids is 1. The van der Waals surface area contributed by atoms with Crippen molar-refractivity contribution in [3.63, 3.8) is 0 Å². The summed E-state index contributed by atoms with van der Waals surface area (Å²) < 4.78 is 43.1. The molecule has 20 heavy (non-hydrogen) atoms. The van der Waals surface area contributed by atoms with Gasteiger partial charge < -0.3 is 15.2 Å². The lowest BCUT2D eigenvalue weighted by atomic mass is 10.2. The molecule has 0 radical (unpaired) electrons. The molecule has 110 valence electrons. The van der Waals surface area contributed by atoms with Gasteiger partial charge in [0.1, 0.15) is 17.9 Å². The molecule has 1 aromatic rings. The minimum atomic E-state index is -4.23. The Balaban J connectivity index is 1.75. The molecule has 0 unspecified atom stereocenters. The van der Waals surface area contributed by atoms with E-state index >= 15 is 0 Å². The minimum absolute atomic E-state index is 0.0835. The third-order valence-corrected chi connectivity index (χ3v) is 3.23. The van der Waals surface area contributed by atoms with Gasteiger partial charge in [-0.25, -0.2) is 4.79 Å². The number of benzene rings is 1. The molecule has 7 heteroatoms. The Kier molecular flexibility index (Phi) is 3.89. The highest BCUT2D eigenvalue weighted by Crippen LogP contribution is 2.48. The number of carbonyl (C=O) groups is 1. The second-order valence-corrected chi connectivity index (χ2v) is 4.68. The van der Waals surface area contributed by atoms with E-state index in [1.165, 1.54) is 24.3 Å². The van der Waals surface area contributed by atoms with Crippen LogP contribution in [0.1, 0.15) is 23.2 Å². The zero-order valence-electron chi connectivity index (χ0n) is 10.5. The van der Waals surface area contributed by atoms with Gasteiger partial charge in [0.25, 0.3) is 0 Å². The highest BCUT2D eigenvalue weighted by atomic mass is 19.4. The number of nitrogens with one attached hydrogen (secondary N) is 1. The van der Waals surface area contributed by atoms with Gasteiger partial charge >= 0.3 is 12.1 Å². The third-order valence-electron chi connectivity index (χ3n) is 3.23. The zero-order chi connectivity index (χ0) is 14.8. The molecule has 0 bridgehead atoms. The summed E-state index contributed by atoms with van der Waals surface area (Å²) >= 11 is 0. The summed E-state index contributed by atoms with van der Waals surface area (Å²) in [7, 11) is 0. The summed E-state index contributed by atoms with van der Waals surface area (Å²) in [5, 5.41) is 11.2. The fraction of sp³-hybridized carbons (Fsp3) is 0.462. The van der Waals surface area contributed by atoms with Crippen molar-refractivity contribution in [1.29, 1.82) is 0 Å². The van der Waals surface area contributed by atoms with Crippen molar-refractivity contribution in [1.82, 2.24) is 5.32 Å². The number of hydrogen-bond donors (Lipinski definition) is 2. The number of aromatic carboxylic acids is 1. The molecule has 1 saturated carbocycles. The largest absolute Gasteiger partial charge is 0.492 e. The molecule has 1 aliphatic carbocycles. The van der Waals surface area contributed by atoms with Gasteiger partial charge in [0, 0.05) is 6.54 Å². The van der Waals surface area contributed by atoms with E-state index in [0.29, 0.717) is 5.75 Å². The van der Waals surface area contributed by atoms with E-state index in [1.54, 1.807) is 0 Å². The van der Waals surface area contributed by atoms with E-state index < -0.39 is 17.7 Å². The molecule has 2 rings (SSSR count). The van der Waals surface area contributed by atoms with Crippen LogP contribution in [0.4, 0.5) is 13.2 Å². The lowest BCUT2D eigenvalue weighted by Crippen LogP contribution is -2.46. The highest BCUT2D eigenvalue weighted by Gasteiger charge is 2.62. The van der Waals surface area contributed by atoms with Crippen LogP contribution >= 0.6 is 0 Å².